The van der Waals surface area contributed by atoms with Crippen molar-refractivity contribution < 1.29 is 5.11 Å². The zero-order valence-corrected chi connectivity index (χ0v) is 12.6. The second-order valence-electron chi connectivity index (χ2n) is 5.53. The lowest BCUT2D eigenvalue weighted by molar-refractivity contribution is 0.270. The molecule has 1 N–H and O–H groups in total. The monoisotopic (exact) mass is 265 g/mol. The van der Waals surface area contributed by atoms with Crippen molar-refractivity contribution in [3.8, 4) is 0 Å². The molecule has 1 rings (SSSR count). The summed E-state index contributed by atoms with van der Waals surface area (Å²) in [4.78, 5) is 0. The van der Waals surface area contributed by atoms with Crippen LogP contribution in [-0.4, -0.2) is 9.67 Å². The molecule has 0 saturated carbocycles. The quantitative estimate of drug-likeness (QED) is 0.534. The Morgan fingerprint density at radius 2 is 1.47 bits per heavy atom. The molecule has 110 valence electrons. The summed E-state index contributed by atoms with van der Waals surface area (Å²) in [6.45, 7) is 3.48. The van der Waals surface area contributed by atoms with E-state index in [9.17, 15) is 0 Å². The molecular weight excluding hydrogens is 234 g/mol. The molecule has 1 heterocycles. The summed E-state index contributed by atoms with van der Waals surface area (Å²) < 4.78 is 2.17. The SMILES string of the molecule is CCCCCCCCCCCCn1cccc1CO. The van der Waals surface area contributed by atoms with Gasteiger partial charge in [-0.05, 0) is 18.6 Å². The van der Waals surface area contributed by atoms with Gasteiger partial charge in [0.15, 0.2) is 0 Å². The van der Waals surface area contributed by atoms with E-state index in [1.54, 1.807) is 0 Å². The van der Waals surface area contributed by atoms with Gasteiger partial charge in [0, 0.05) is 18.4 Å². The van der Waals surface area contributed by atoms with Gasteiger partial charge in [0.2, 0.25) is 0 Å². The maximum absolute atomic E-state index is 9.15. The van der Waals surface area contributed by atoms with Crippen molar-refractivity contribution in [3.63, 3.8) is 0 Å². The first-order valence-electron chi connectivity index (χ1n) is 8.13. The number of aromatic nitrogens is 1. The minimum absolute atomic E-state index is 0.157. The predicted molar refractivity (Wildman–Crippen MR) is 82.2 cm³/mol. The van der Waals surface area contributed by atoms with Crippen LogP contribution in [-0.2, 0) is 13.2 Å². The van der Waals surface area contributed by atoms with Gasteiger partial charge in [-0.25, -0.2) is 0 Å². The van der Waals surface area contributed by atoms with Crippen molar-refractivity contribution in [2.45, 2.75) is 84.3 Å². The highest BCUT2D eigenvalue weighted by atomic mass is 16.3. The maximum atomic E-state index is 9.15. The summed E-state index contributed by atoms with van der Waals surface area (Å²) in [7, 11) is 0. The molecular formula is C17H31NO. The van der Waals surface area contributed by atoms with E-state index in [0.29, 0.717) is 0 Å². The second-order valence-corrected chi connectivity index (χ2v) is 5.53. The molecule has 0 aliphatic heterocycles. The van der Waals surface area contributed by atoms with Gasteiger partial charge in [-0.2, -0.15) is 0 Å². The molecule has 0 atom stereocenters. The van der Waals surface area contributed by atoms with Gasteiger partial charge in [0.05, 0.1) is 6.61 Å². The van der Waals surface area contributed by atoms with Crippen LogP contribution in [0, 0.1) is 0 Å². The predicted octanol–water partition coefficient (Wildman–Crippen LogP) is 4.90. The van der Waals surface area contributed by atoms with Gasteiger partial charge < -0.3 is 9.67 Å². The fraction of sp³-hybridized carbons (Fsp3) is 0.765. The molecule has 0 aliphatic carbocycles. The highest BCUT2D eigenvalue weighted by molar-refractivity contribution is 5.05. The third-order valence-electron chi connectivity index (χ3n) is 3.84. The number of unbranched alkanes of at least 4 members (excludes halogenated alkanes) is 9. The summed E-state index contributed by atoms with van der Waals surface area (Å²) in [5.74, 6) is 0. The Bertz CT molecular complexity index is 306. The Morgan fingerprint density at radius 3 is 2.05 bits per heavy atom. The van der Waals surface area contributed by atoms with Crippen LogP contribution in [0.1, 0.15) is 76.8 Å². The first-order valence-corrected chi connectivity index (χ1v) is 8.13. The van der Waals surface area contributed by atoms with Crippen LogP contribution in [0.4, 0.5) is 0 Å². The molecule has 0 unspecified atom stereocenters. The van der Waals surface area contributed by atoms with Crippen molar-refractivity contribution in [1.82, 2.24) is 4.57 Å². The lowest BCUT2D eigenvalue weighted by atomic mass is 10.1. The molecule has 0 radical (unpaired) electrons. The van der Waals surface area contributed by atoms with Crippen LogP contribution < -0.4 is 0 Å². The molecule has 0 aliphatic rings. The molecule has 0 spiro atoms. The van der Waals surface area contributed by atoms with Crippen LogP contribution >= 0.6 is 0 Å². The number of rotatable bonds is 12. The van der Waals surface area contributed by atoms with Crippen LogP contribution in [0.15, 0.2) is 18.3 Å². The number of aliphatic hydroxyl groups is 1. The molecule has 2 heteroatoms. The van der Waals surface area contributed by atoms with Gasteiger partial charge in [-0.15, -0.1) is 0 Å². The zero-order valence-electron chi connectivity index (χ0n) is 12.6. The number of aliphatic hydroxyl groups excluding tert-OH is 1. The number of hydrogen-bond donors (Lipinski definition) is 1. The Balaban J connectivity index is 1.89. The van der Waals surface area contributed by atoms with Crippen LogP contribution in [0.5, 0.6) is 0 Å². The van der Waals surface area contributed by atoms with E-state index in [-0.39, 0.29) is 6.61 Å². The number of aryl methyl sites for hydroxylation is 1. The largest absolute Gasteiger partial charge is 0.390 e. The summed E-state index contributed by atoms with van der Waals surface area (Å²) in [6.07, 6.45) is 15.8. The summed E-state index contributed by atoms with van der Waals surface area (Å²) >= 11 is 0. The smallest absolute Gasteiger partial charge is 0.0832 e. The van der Waals surface area contributed by atoms with Crippen molar-refractivity contribution in [2.24, 2.45) is 0 Å². The van der Waals surface area contributed by atoms with E-state index in [1.807, 2.05) is 12.1 Å². The fourth-order valence-electron chi connectivity index (χ4n) is 2.58. The number of nitrogens with zero attached hydrogens (tertiary/aromatic N) is 1. The van der Waals surface area contributed by atoms with Gasteiger partial charge in [0.25, 0.3) is 0 Å². The van der Waals surface area contributed by atoms with E-state index in [2.05, 4.69) is 17.7 Å². The summed E-state index contributed by atoms with van der Waals surface area (Å²) in [6, 6.07) is 4.01. The van der Waals surface area contributed by atoms with Crippen molar-refractivity contribution >= 4 is 0 Å². The third-order valence-corrected chi connectivity index (χ3v) is 3.84. The average molecular weight is 265 g/mol. The van der Waals surface area contributed by atoms with E-state index in [1.165, 1.54) is 64.2 Å². The van der Waals surface area contributed by atoms with Crippen LogP contribution in [0.2, 0.25) is 0 Å². The Kier molecular flexibility index (Phi) is 9.52. The van der Waals surface area contributed by atoms with Crippen molar-refractivity contribution in [2.75, 3.05) is 0 Å². The Morgan fingerprint density at radius 1 is 0.895 bits per heavy atom. The normalized spacial score (nSPS) is 11.1. The third kappa shape index (κ3) is 7.41. The topological polar surface area (TPSA) is 25.2 Å². The Labute approximate surface area is 118 Å². The Hall–Kier alpha value is -0.760. The van der Waals surface area contributed by atoms with Gasteiger partial charge in [-0.1, -0.05) is 64.7 Å². The summed E-state index contributed by atoms with van der Waals surface area (Å²) in [5, 5.41) is 9.15. The number of hydrogen-bond acceptors (Lipinski definition) is 1. The molecule has 0 aromatic carbocycles. The van der Waals surface area contributed by atoms with E-state index >= 15 is 0 Å². The summed E-state index contributed by atoms with van der Waals surface area (Å²) in [5.41, 5.74) is 1.04. The molecule has 1 aromatic heterocycles. The lowest BCUT2D eigenvalue weighted by Gasteiger charge is -2.07. The maximum Gasteiger partial charge on any atom is 0.0832 e. The van der Waals surface area contributed by atoms with E-state index in [4.69, 9.17) is 5.11 Å². The molecule has 0 saturated heterocycles. The molecule has 1 aromatic rings. The molecule has 0 bridgehead atoms. The molecule has 2 nitrogen and oxygen atoms in total. The standard InChI is InChI=1S/C17H31NO/c1-2-3-4-5-6-7-8-9-10-11-14-18-15-12-13-17(18)16-19/h12-13,15,19H,2-11,14,16H2,1H3. The minimum atomic E-state index is 0.157. The van der Waals surface area contributed by atoms with E-state index < -0.39 is 0 Å². The van der Waals surface area contributed by atoms with E-state index in [0.717, 1.165) is 12.2 Å². The highest BCUT2D eigenvalue weighted by Crippen LogP contribution is 2.11. The zero-order chi connectivity index (χ0) is 13.8. The first-order chi connectivity index (χ1) is 9.38. The molecule has 0 fully saturated rings. The fourth-order valence-corrected chi connectivity index (χ4v) is 2.58. The molecule has 19 heavy (non-hydrogen) atoms. The van der Waals surface area contributed by atoms with Crippen LogP contribution in [0.25, 0.3) is 0 Å². The second kappa shape index (κ2) is 11.1. The minimum Gasteiger partial charge on any atom is -0.390 e. The average Bonchev–Trinajstić information content (AvgIpc) is 2.88. The van der Waals surface area contributed by atoms with Crippen molar-refractivity contribution in [1.29, 1.82) is 0 Å². The van der Waals surface area contributed by atoms with Gasteiger partial charge >= 0.3 is 0 Å². The van der Waals surface area contributed by atoms with Gasteiger partial charge in [0.1, 0.15) is 0 Å². The first kappa shape index (κ1) is 16.3. The molecule has 0 amide bonds. The highest BCUT2D eigenvalue weighted by Gasteiger charge is 1.98. The van der Waals surface area contributed by atoms with Crippen LogP contribution in [0.3, 0.4) is 0 Å². The van der Waals surface area contributed by atoms with Crippen molar-refractivity contribution in [3.05, 3.63) is 24.0 Å². The lowest BCUT2D eigenvalue weighted by Crippen LogP contribution is -2.01. The van der Waals surface area contributed by atoms with Gasteiger partial charge in [-0.3, -0.25) is 0 Å².